The van der Waals surface area contributed by atoms with Crippen molar-refractivity contribution in [3.05, 3.63) is 70.5 Å². The first-order valence-electron chi connectivity index (χ1n) is 9.98. The number of rotatable bonds is 9. The number of carbonyl (C=O) groups excluding carboxylic acids is 3. The van der Waals surface area contributed by atoms with Gasteiger partial charge in [-0.15, -0.1) is 10.2 Å². The number of esters is 1. The molecule has 0 aliphatic carbocycles. The van der Waals surface area contributed by atoms with Gasteiger partial charge in [-0.05, 0) is 43.3 Å². The first kappa shape index (κ1) is 24.3. The highest BCUT2D eigenvalue weighted by molar-refractivity contribution is 7.99. The average molecular weight is 488 g/mol. The van der Waals surface area contributed by atoms with Gasteiger partial charge in [0.25, 0.3) is 5.91 Å². The van der Waals surface area contributed by atoms with Crippen LogP contribution in [0.5, 0.6) is 0 Å². The first-order valence-corrected chi connectivity index (χ1v) is 11.3. The normalized spacial score (nSPS) is 10.5. The summed E-state index contributed by atoms with van der Waals surface area (Å²) in [4.78, 5) is 36.2. The Kier molecular flexibility index (Phi) is 8.45. The van der Waals surface area contributed by atoms with Gasteiger partial charge in [0.2, 0.25) is 5.91 Å². The van der Waals surface area contributed by atoms with Crippen LogP contribution in [0.25, 0.3) is 0 Å². The van der Waals surface area contributed by atoms with E-state index in [0.717, 1.165) is 0 Å². The number of halogens is 1. The summed E-state index contributed by atoms with van der Waals surface area (Å²) in [7, 11) is 1.31. The van der Waals surface area contributed by atoms with Crippen LogP contribution in [0, 0.1) is 0 Å². The molecule has 0 bridgehead atoms. The maximum absolute atomic E-state index is 12.4. The lowest BCUT2D eigenvalue weighted by molar-refractivity contribution is -0.113. The summed E-state index contributed by atoms with van der Waals surface area (Å²) in [5, 5.41) is 14.8. The summed E-state index contributed by atoms with van der Waals surface area (Å²) in [6.45, 7) is 2.67. The van der Waals surface area contributed by atoms with Crippen molar-refractivity contribution in [2.75, 3.05) is 18.2 Å². The van der Waals surface area contributed by atoms with Crippen LogP contribution in [0.15, 0.2) is 53.7 Å². The fourth-order valence-corrected chi connectivity index (χ4v) is 3.95. The molecule has 0 saturated carbocycles. The minimum absolute atomic E-state index is 0.114. The van der Waals surface area contributed by atoms with Gasteiger partial charge in [0.05, 0.1) is 35.6 Å². The minimum Gasteiger partial charge on any atom is -0.465 e. The molecule has 2 aromatic carbocycles. The molecule has 1 heterocycles. The molecule has 9 nitrogen and oxygen atoms in total. The molecule has 2 N–H and O–H groups in total. The van der Waals surface area contributed by atoms with Crippen molar-refractivity contribution < 1.29 is 19.1 Å². The van der Waals surface area contributed by atoms with Crippen molar-refractivity contribution in [1.82, 2.24) is 20.1 Å². The number of hydrogen-bond donors (Lipinski definition) is 2. The van der Waals surface area contributed by atoms with Gasteiger partial charge in [0, 0.05) is 12.2 Å². The molecule has 0 atom stereocenters. The summed E-state index contributed by atoms with van der Waals surface area (Å²) in [5.74, 6) is -0.299. The molecule has 3 aromatic rings. The van der Waals surface area contributed by atoms with Crippen LogP contribution in [0.2, 0.25) is 5.02 Å². The molecular formula is C22H22ClN5O4S. The summed E-state index contributed by atoms with van der Waals surface area (Å²) in [6.07, 6.45) is 0. The SMILES string of the molecule is CCn1c(CNC(=O)c2ccccc2Cl)nnc1SCC(=O)Nc1ccc(C(=O)OC)cc1. The number of anilines is 1. The van der Waals surface area contributed by atoms with Gasteiger partial charge in [-0.25, -0.2) is 4.79 Å². The number of ether oxygens (including phenoxy) is 1. The van der Waals surface area contributed by atoms with Gasteiger partial charge < -0.3 is 19.9 Å². The van der Waals surface area contributed by atoms with Crippen molar-refractivity contribution in [3.63, 3.8) is 0 Å². The number of nitrogens with one attached hydrogen (secondary N) is 2. The Labute approximate surface area is 199 Å². The topological polar surface area (TPSA) is 115 Å². The van der Waals surface area contributed by atoms with E-state index >= 15 is 0 Å². The fraction of sp³-hybridized carbons (Fsp3) is 0.227. The van der Waals surface area contributed by atoms with E-state index in [1.807, 2.05) is 11.5 Å². The molecule has 0 aliphatic heterocycles. The van der Waals surface area contributed by atoms with Gasteiger partial charge in [0.1, 0.15) is 0 Å². The highest BCUT2D eigenvalue weighted by Crippen LogP contribution is 2.19. The summed E-state index contributed by atoms with van der Waals surface area (Å²) in [6, 6.07) is 13.2. The molecule has 0 saturated heterocycles. The van der Waals surface area contributed by atoms with E-state index in [1.54, 1.807) is 48.5 Å². The van der Waals surface area contributed by atoms with Crippen LogP contribution >= 0.6 is 23.4 Å². The van der Waals surface area contributed by atoms with E-state index in [0.29, 0.717) is 39.4 Å². The molecule has 0 unspecified atom stereocenters. The van der Waals surface area contributed by atoms with Crippen molar-refractivity contribution >= 4 is 46.8 Å². The Balaban J connectivity index is 1.55. The van der Waals surface area contributed by atoms with Crippen molar-refractivity contribution in [2.24, 2.45) is 0 Å². The van der Waals surface area contributed by atoms with Crippen LogP contribution in [-0.2, 0) is 22.6 Å². The van der Waals surface area contributed by atoms with Gasteiger partial charge in [-0.1, -0.05) is 35.5 Å². The lowest BCUT2D eigenvalue weighted by Gasteiger charge is -2.09. The van der Waals surface area contributed by atoms with Crippen molar-refractivity contribution in [3.8, 4) is 0 Å². The molecule has 33 heavy (non-hydrogen) atoms. The molecule has 0 fully saturated rings. The molecule has 0 spiro atoms. The minimum atomic E-state index is -0.443. The average Bonchev–Trinajstić information content (AvgIpc) is 3.23. The first-order chi connectivity index (χ1) is 15.9. The van der Waals surface area contributed by atoms with Crippen LogP contribution in [0.3, 0.4) is 0 Å². The predicted octanol–water partition coefficient (Wildman–Crippen LogP) is 3.40. The Bertz CT molecular complexity index is 1150. The molecule has 0 radical (unpaired) electrons. The van der Waals surface area contributed by atoms with Gasteiger partial charge in [-0.2, -0.15) is 0 Å². The zero-order chi connectivity index (χ0) is 23.8. The Morgan fingerprint density at radius 2 is 1.82 bits per heavy atom. The predicted molar refractivity (Wildman–Crippen MR) is 125 cm³/mol. The maximum atomic E-state index is 12.4. The zero-order valence-corrected chi connectivity index (χ0v) is 19.6. The number of thioether (sulfide) groups is 1. The molecule has 2 amide bonds. The number of methoxy groups -OCH3 is 1. The number of carbonyl (C=O) groups is 3. The second-order valence-corrected chi connectivity index (χ2v) is 8.06. The Morgan fingerprint density at radius 1 is 1.09 bits per heavy atom. The van der Waals surface area contributed by atoms with Crippen LogP contribution < -0.4 is 10.6 Å². The lowest BCUT2D eigenvalue weighted by atomic mass is 10.2. The molecular weight excluding hydrogens is 466 g/mol. The summed E-state index contributed by atoms with van der Waals surface area (Å²) in [5.41, 5.74) is 1.34. The number of nitrogens with zero attached hydrogens (tertiary/aromatic N) is 3. The quantitative estimate of drug-likeness (QED) is 0.351. The third-order valence-corrected chi connectivity index (χ3v) is 5.85. The van der Waals surface area contributed by atoms with E-state index < -0.39 is 5.97 Å². The van der Waals surface area contributed by atoms with E-state index in [4.69, 9.17) is 11.6 Å². The highest BCUT2D eigenvalue weighted by atomic mass is 35.5. The molecule has 11 heteroatoms. The zero-order valence-electron chi connectivity index (χ0n) is 18.0. The second-order valence-electron chi connectivity index (χ2n) is 6.71. The third-order valence-electron chi connectivity index (χ3n) is 4.56. The highest BCUT2D eigenvalue weighted by Gasteiger charge is 2.16. The van der Waals surface area contributed by atoms with Crippen molar-refractivity contribution in [1.29, 1.82) is 0 Å². The summed E-state index contributed by atoms with van der Waals surface area (Å²) >= 11 is 7.30. The van der Waals surface area contributed by atoms with Crippen LogP contribution in [0.1, 0.15) is 33.5 Å². The van der Waals surface area contributed by atoms with E-state index in [2.05, 4.69) is 25.6 Å². The van der Waals surface area contributed by atoms with Crippen LogP contribution in [0.4, 0.5) is 5.69 Å². The smallest absolute Gasteiger partial charge is 0.337 e. The second kappa shape index (κ2) is 11.5. The van der Waals surface area contributed by atoms with E-state index in [9.17, 15) is 14.4 Å². The molecule has 0 aliphatic rings. The molecule has 1 aromatic heterocycles. The number of benzene rings is 2. The van der Waals surface area contributed by atoms with Gasteiger partial charge in [-0.3, -0.25) is 9.59 Å². The monoisotopic (exact) mass is 487 g/mol. The van der Waals surface area contributed by atoms with Gasteiger partial charge in [0.15, 0.2) is 11.0 Å². The standard InChI is InChI=1S/C22H22ClN5O4S/c1-3-28-18(12-24-20(30)16-6-4-5-7-17(16)23)26-27-22(28)33-13-19(29)25-15-10-8-14(9-11-15)21(31)32-2/h4-11H,3,12-13H2,1-2H3,(H,24,30)(H,25,29). The van der Waals surface area contributed by atoms with E-state index in [1.165, 1.54) is 18.9 Å². The van der Waals surface area contributed by atoms with Gasteiger partial charge >= 0.3 is 5.97 Å². The largest absolute Gasteiger partial charge is 0.465 e. The maximum Gasteiger partial charge on any atom is 0.337 e. The Morgan fingerprint density at radius 3 is 2.48 bits per heavy atom. The van der Waals surface area contributed by atoms with E-state index in [-0.39, 0.29) is 24.1 Å². The van der Waals surface area contributed by atoms with Crippen LogP contribution in [-0.4, -0.2) is 45.4 Å². The number of hydrogen-bond acceptors (Lipinski definition) is 7. The summed E-state index contributed by atoms with van der Waals surface area (Å²) < 4.78 is 6.48. The lowest BCUT2D eigenvalue weighted by Crippen LogP contribution is -2.25. The molecule has 172 valence electrons. The van der Waals surface area contributed by atoms with Crippen molar-refractivity contribution in [2.45, 2.75) is 25.2 Å². The third kappa shape index (κ3) is 6.33. The number of aromatic nitrogens is 3. The molecule has 3 rings (SSSR count). The Hall–Kier alpha value is -3.37. The fourth-order valence-electron chi connectivity index (χ4n) is 2.91. The number of amides is 2.